The molecule has 216 valence electrons. The highest BCUT2D eigenvalue weighted by atomic mass is 16.7. The number of pyridine rings is 1. The van der Waals surface area contributed by atoms with Crippen LogP contribution < -0.4 is 10.2 Å². The minimum absolute atomic E-state index is 0.00226. The van der Waals surface area contributed by atoms with Gasteiger partial charge in [-0.3, -0.25) is 14.7 Å². The summed E-state index contributed by atoms with van der Waals surface area (Å²) >= 11 is 0. The molecule has 2 N–H and O–H groups in total. The lowest BCUT2D eigenvalue weighted by atomic mass is 9.99. The van der Waals surface area contributed by atoms with Crippen LogP contribution in [0.1, 0.15) is 45.9 Å². The summed E-state index contributed by atoms with van der Waals surface area (Å²) in [7, 11) is 0. The zero-order chi connectivity index (χ0) is 28.7. The van der Waals surface area contributed by atoms with Crippen LogP contribution in [0.5, 0.6) is 0 Å². The third-order valence-corrected chi connectivity index (χ3v) is 7.62. The van der Waals surface area contributed by atoms with Gasteiger partial charge in [0, 0.05) is 75.2 Å². The molecule has 0 saturated carbocycles. The van der Waals surface area contributed by atoms with Crippen molar-refractivity contribution in [3.05, 3.63) is 114 Å². The average molecular weight is 567 g/mol. The summed E-state index contributed by atoms with van der Waals surface area (Å²) in [6, 6.07) is 20.8. The molecule has 0 aliphatic carbocycles. The molecule has 2 aromatic carbocycles. The van der Waals surface area contributed by atoms with Gasteiger partial charge < -0.3 is 24.8 Å². The normalized spacial score (nSPS) is 21.2. The highest BCUT2D eigenvalue weighted by Crippen LogP contribution is 2.38. The molecule has 10 nitrogen and oxygen atoms in total. The topological polar surface area (TPSA) is 113 Å². The number of hydrogen-bond donors (Lipinski definition) is 2. The van der Waals surface area contributed by atoms with E-state index >= 15 is 0 Å². The van der Waals surface area contributed by atoms with Gasteiger partial charge in [-0.1, -0.05) is 36.4 Å². The second kappa shape index (κ2) is 13.2. The van der Waals surface area contributed by atoms with Crippen LogP contribution in [0.25, 0.3) is 0 Å². The summed E-state index contributed by atoms with van der Waals surface area (Å²) in [4.78, 5) is 30.2. The number of aliphatic hydroxyl groups is 1. The van der Waals surface area contributed by atoms with Crippen LogP contribution in [0.2, 0.25) is 0 Å². The van der Waals surface area contributed by atoms with Crippen molar-refractivity contribution in [2.24, 2.45) is 0 Å². The first-order valence-electron chi connectivity index (χ1n) is 14.2. The molecular formula is C32H34N6O4. The molecule has 2 saturated heterocycles. The van der Waals surface area contributed by atoms with Crippen molar-refractivity contribution in [2.45, 2.75) is 31.5 Å². The molecule has 6 rings (SSSR count). The summed E-state index contributed by atoms with van der Waals surface area (Å²) in [5.74, 6) is 0.534. The van der Waals surface area contributed by atoms with E-state index in [0.29, 0.717) is 17.7 Å². The van der Waals surface area contributed by atoms with E-state index < -0.39 is 6.29 Å². The lowest BCUT2D eigenvalue weighted by Crippen LogP contribution is -2.50. The number of amides is 1. The van der Waals surface area contributed by atoms with E-state index in [1.165, 1.54) is 6.20 Å². The Hall–Kier alpha value is -4.22. The van der Waals surface area contributed by atoms with E-state index in [2.05, 4.69) is 30.1 Å². The minimum Gasteiger partial charge on any atom is -0.392 e. The highest BCUT2D eigenvalue weighted by molar-refractivity contribution is 6.04. The van der Waals surface area contributed by atoms with Crippen molar-refractivity contribution >= 4 is 17.5 Å². The van der Waals surface area contributed by atoms with Crippen molar-refractivity contribution < 1.29 is 19.4 Å². The maximum atomic E-state index is 12.7. The van der Waals surface area contributed by atoms with Crippen molar-refractivity contribution in [3.8, 4) is 0 Å². The fraction of sp³-hybridized carbons (Fsp3) is 0.312. The van der Waals surface area contributed by atoms with Gasteiger partial charge in [0.1, 0.15) is 0 Å². The van der Waals surface area contributed by atoms with Gasteiger partial charge in [-0.2, -0.15) is 0 Å². The third-order valence-electron chi connectivity index (χ3n) is 7.62. The Morgan fingerprint density at radius 1 is 0.905 bits per heavy atom. The number of hydrogen-bond acceptors (Lipinski definition) is 9. The molecule has 0 bridgehead atoms. The Kier molecular flexibility index (Phi) is 8.76. The molecule has 4 aromatic rings. The van der Waals surface area contributed by atoms with E-state index in [4.69, 9.17) is 9.47 Å². The molecule has 0 radical (unpaired) electrons. The summed E-state index contributed by atoms with van der Waals surface area (Å²) in [5, 5.41) is 12.5. The van der Waals surface area contributed by atoms with E-state index in [9.17, 15) is 9.90 Å². The van der Waals surface area contributed by atoms with Crippen LogP contribution in [0.3, 0.4) is 0 Å². The predicted octanol–water partition coefficient (Wildman–Crippen LogP) is 3.98. The Balaban J connectivity index is 1.17. The summed E-state index contributed by atoms with van der Waals surface area (Å²) in [6.07, 6.45) is 6.56. The highest BCUT2D eigenvalue weighted by Gasteiger charge is 2.34. The SMILES string of the molecule is O=C(Nc1cccc([C@H]2O[C@@H](CN3CCN(c4ncccn4)CC3)C[C@@H](c3ccc(CO)cc3)O2)c1)c1cccnc1. The summed E-state index contributed by atoms with van der Waals surface area (Å²) in [6.45, 7) is 4.23. The van der Waals surface area contributed by atoms with Crippen LogP contribution >= 0.6 is 0 Å². The van der Waals surface area contributed by atoms with Gasteiger partial charge in [-0.25, -0.2) is 9.97 Å². The number of ether oxygens (including phenoxy) is 2. The molecular weight excluding hydrogens is 532 g/mol. The molecule has 4 heterocycles. The van der Waals surface area contributed by atoms with Crippen LogP contribution in [-0.4, -0.2) is 69.7 Å². The van der Waals surface area contributed by atoms with Gasteiger partial charge in [-0.15, -0.1) is 0 Å². The minimum atomic E-state index is -0.611. The molecule has 2 fully saturated rings. The Labute approximate surface area is 245 Å². The standard InChI is InChI=1S/C32H34N6O4/c39-22-23-7-9-24(10-8-23)29-19-28(21-37-14-16-38(17-15-37)32-34-12-3-13-35-32)41-31(42-29)25-4-1-6-27(18-25)36-30(40)26-5-2-11-33-20-26/h1-13,18,20,28-29,31,39H,14-17,19,21-22H2,(H,36,40)/t28-,29+,31+/m1/s1. The van der Waals surface area contributed by atoms with Crippen LogP contribution in [-0.2, 0) is 16.1 Å². The molecule has 2 aliphatic heterocycles. The molecule has 42 heavy (non-hydrogen) atoms. The zero-order valence-electron chi connectivity index (χ0n) is 23.3. The van der Waals surface area contributed by atoms with E-state index in [1.54, 1.807) is 30.7 Å². The molecule has 2 aromatic heterocycles. The third kappa shape index (κ3) is 6.80. The molecule has 2 aliphatic rings. The van der Waals surface area contributed by atoms with Crippen LogP contribution in [0.4, 0.5) is 11.6 Å². The molecule has 0 spiro atoms. The summed E-state index contributed by atoms with van der Waals surface area (Å²) < 4.78 is 13.1. The number of piperazine rings is 1. The van der Waals surface area contributed by atoms with Crippen LogP contribution in [0, 0.1) is 0 Å². The van der Waals surface area contributed by atoms with Gasteiger partial charge in [0.05, 0.1) is 24.4 Å². The number of carbonyl (C=O) groups is 1. The van der Waals surface area contributed by atoms with Gasteiger partial charge in [-0.05, 0) is 41.5 Å². The fourth-order valence-corrected chi connectivity index (χ4v) is 5.37. The van der Waals surface area contributed by atoms with Gasteiger partial charge in [0.25, 0.3) is 5.91 Å². The average Bonchev–Trinajstić information content (AvgIpc) is 3.06. The first-order chi connectivity index (χ1) is 20.6. The molecule has 0 unspecified atom stereocenters. The number of nitrogens with zero attached hydrogens (tertiary/aromatic N) is 5. The lowest BCUT2D eigenvalue weighted by molar-refractivity contribution is -0.253. The first-order valence-corrected chi connectivity index (χ1v) is 14.2. The fourth-order valence-electron chi connectivity index (χ4n) is 5.37. The van der Waals surface area contributed by atoms with Crippen molar-refractivity contribution in [3.63, 3.8) is 0 Å². The quantitative estimate of drug-likeness (QED) is 0.327. The first kappa shape index (κ1) is 27.9. The van der Waals surface area contributed by atoms with Crippen molar-refractivity contribution in [2.75, 3.05) is 42.9 Å². The van der Waals surface area contributed by atoms with Crippen molar-refractivity contribution in [1.82, 2.24) is 19.9 Å². The number of aromatic nitrogens is 3. The zero-order valence-corrected chi connectivity index (χ0v) is 23.3. The van der Waals surface area contributed by atoms with E-state index in [-0.39, 0.29) is 24.7 Å². The largest absolute Gasteiger partial charge is 0.392 e. The number of aliphatic hydroxyl groups excluding tert-OH is 1. The van der Waals surface area contributed by atoms with Crippen LogP contribution in [0.15, 0.2) is 91.5 Å². The predicted molar refractivity (Wildman–Crippen MR) is 158 cm³/mol. The Morgan fingerprint density at radius 3 is 2.45 bits per heavy atom. The Morgan fingerprint density at radius 2 is 1.71 bits per heavy atom. The van der Waals surface area contributed by atoms with Gasteiger partial charge in [0.15, 0.2) is 6.29 Å². The summed E-state index contributed by atoms with van der Waals surface area (Å²) in [5.41, 5.74) is 3.86. The smallest absolute Gasteiger partial charge is 0.257 e. The molecule has 10 heteroatoms. The number of carbonyl (C=O) groups excluding carboxylic acids is 1. The molecule has 3 atom stereocenters. The Bertz CT molecular complexity index is 1450. The number of rotatable bonds is 8. The van der Waals surface area contributed by atoms with Gasteiger partial charge in [0.2, 0.25) is 5.95 Å². The second-order valence-electron chi connectivity index (χ2n) is 10.5. The molecule has 1 amide bonds. The number of anilines is 2. The van der Waals surface area contributed by atoms with E-state index in [1.807, 2.05) is 54.6 Å². The number of benzene rings is 2. The van der Waals surface area contributed by atoms with E-state index in [0.717, 1.165) is 55.4 Å². The monoisotopic (exact) mass is 566 g/mol. The lowest BCUT2D eigenvalue weighted by Gasteiger charge is -2.40. The maximum absolute atomic E-state index is 12.7. The van der Waals surface area contributed by atoms with Gasteiger partial charge >= 0.3 is 0 Å². The maximum Gasteiger partial charge on any atom is 0.257 e. The van der Waals surface area contributed by atoms with Crippen molar-refractivity contribution in [1.29, 1.82) is 0 Å². The second-order valence-corrected chi connectivity index (χ2v) is 10.5. The number of nitrogens with one attached hydrogen (secondary N) is 1.